The molecule has 0 aliphatic rings. The average Bonchev–Trinajstić information content (AvgIpc) is 2.48. The van der Waals surface area contributed by atoms with Gasteiger partial charge in [0.1, 0.15) is 23.3 Å². The van der Waals surface area contributed by atoms with Crippen molar-refractivity contribution in [3.05, 3.63) is 53.6 Å². The fourth-order valence-electron chi connectivity index (χ4n) is 1.61. The maximum atomic E-state index is 9.13. The average molecular weight is 318 g/mol. The molecule has 2 aromatic carbocycles. The van der Waals surface area contributed by atoms with Crippen LogP contribution >= 0.6 is 15.9 Å². The van der Waals surface area contributed by atoms with Crippen LogP contribution in [0, 0.1) is 11.3 Å². The standard InChI is InChI=1S/C15H12BrNO2/c1-18-13-3-5-14(6-4-13)19-15-7-2-11(9-16)8-12(15)10-17/h2-8H,9H2,1H3. The topological polar surface area (TPSA) is 42.2 Å². The molecule has 0 amide bonds. The van der Waals surface area contributed by atoms with Gasteiger partial charge in [-0.15, -0.1) is 0 Å². The summed E-state index contributed by atoms with van der Waals surface area (Å²) in [4.78, 5) is 0. The summed E-state index contributed by atoms with van der Waals surface area (Å²) < 4.78 is 10.8. The second-order valence-electron chi connectivity index (χ2n) is 3.85. The van der Waals surface area contributed by atoms with Crippen molar-refractivity contribution in [2.24, 2.45) is 0 Å². The van der Waals surface area contributed by atoms with Gasteiger partial charge in [0.15, 0.2) is 0 Å². The van der Waals surface area contributed by atoms with E-state index in [0.29, 0.717) is 22.4 Å². The third-order valence-electron chi connectivity index (χ3n) is 2.61. The summed E-state index contributed by atoms with van der Waals surface area (Å²) in [7, 11) is 1.61. The molecule has 2 rings (SSSR count). The van der Waals surface area contributed by atoms with E-state index in [9.17, 15) is 0 Å². The Morgan fingerprint density at radius 2 is 1.79 bits per heavy atom. The van der Waals surface area contributed by atoms with Crippen molar-refractivity contribution < 1.29 is 9.47 Å². The molecule has 0 bridgehead atoms. The number of nitriles is 1. The van der Waals surface area contributed by atoms with Gasteiger partial charge in [-0.1, -0.05) is 22.0 Å². The van der Waals surface area contributed by atoms with Gasteiger partial charge in [-0.05, 0) is 42.0 Å². The number of nitrogens with zero attached hydrogens (tertiary/aromatic N) is 1. The Morgan fingerprint density at radius 3 is 2.37 bits per heavy atom. The maximum absolute atomic E-state index is 9.13. The molecule has 0 atom stereocenters. The minimum atomic E-state index is 0.521. The second-order valence-corrected chi connectivity index (χ2v) is 4.41. The van der Waals surface area contributed by atoms with Crippen LogP contribution in [0.15, 0.2) is 42.5 Å². The first-order valence-corrected chi connectivity index (χ1v) is 6.80. The number of hydrogen-bond acceptors (Lipinski definition) is 3. The van der Waals surface area contributed by atoms with E-state index in [2.05, 4.69) is 22.0 Å². The van der Waals surface area contributed by atoms with Crippen LogP contribution in [0.2, 0.25) is 0 Å². The number of ether oxygens (including phenoxy) is 2. The second kappa shape index (κ2) is 6.26. The van der Waals surface area contributed by atoms with Crippen LogP contribution in [-0.4, -0.2) is 7.11 Å². The minimum Gasteiger partial charge on any atom is -0.497 e. The molecular weight excluding hydrogens is 306 g/mol. The predicted octanol–water partition coefficient (Wildman–Crippen LogP) is 4.25. The van der Waals surface area contributed by atoms with Crippen molar-refractivity contribution in [2.45, 2.75) is 5.33 Å². The summed E-state index contributed by atoms with van der Waals surface area (Å²) in [5, 5.41) is 9.85. The molecule has 0 aromatic heterocycles. The first kappa shape index (κ1) is 13.4. The number of methoxy groups -OCH3 is 1. The number of rotatable bonds is 4. The van der Waals surface area contributed by atoms with Crippen LogP contribution < -0.4 is 9.47 Å². The third-order valence-corrected chi connectivity index (χ3v) is 3.25. The van der Waals surface area contributed by atoms with Crippen molar-refractivity contribution in [2.75, 3.05) is 7.11 Å². The summed E-state index contributed by atoms with van der Waals surface area (Å²) >= 11 is 3.36. The van der Waals surface area contributed by atoms with Crippen molar-refractivity contribution in [3.8, 4) is 23.3 Å². The molecule has 0 N–H and O–H groups in total. The summed E-state index contributed by atoms with van der Waals surface area (Å²) in [6, 6.07) is 14.9. The number of alkyl halides is 1. The van der Waals surface area contributed by atoms with Crippen LogP contribution in [0.3, 0.4) is 0 Å². The Hall–Kier alpha value is -1.99. The first-order valence-electron chi connectivity index (χ1n) is 5.67. The van der Waals surface area contributed by atoms with Crippen LogP contribution in [0.5, 0.6) is 17.2 Å². The van der Waals surface area contributed by atoms with Gasteiger partial charge in [0, 0.05) is 5.33 Å². The maximum Gasteiger partial charge on any atom is 0.145 e. The molecule has 0 saturated heterocycles. The van der Waals surface area contributed by atoms with Crippen LogP contribution in [-0.2, 0) is 5.33 Å². The van der Waals surface area contributed by atoms with Gasteiger partial charge in [-0.25, -0.2) is 0 Å². The summed E-state index contributed by atoms with van der Waals surface area (Å²) in [6.07, 6.45) is 0. The van der Waals surface area contributed by atoms with E-state index >= 15 is 0 Å². The Balaban J connectivity index is 2.25. The molecule has 0 aliphatic carbocycles. The molecule has 2 aromatic rings. The van der Waals surface area contributed by atoms with Crippen LogP contribution in [0.1, 0.15) is 11.1 Å². The first-order chi connectivity index (χ1) is 9.26. The predicted molar refractivity (Wildman–Crippen MR) is 76.9 cm³/mol. The van der Waals surface area contributed by atoms with Gasteiger partial charge >= 0.3 is 0 Å². The largest absolute Gasteiger partial charge is 0.497 e. The van der Waals surface area contributed by atoms with E-state index in [1.54, 1.807) is 25.3 Å². The van der Waals surface area contributed by atoms with E-state index in [1.807, 2.05) is 24.3 Å². The fourth-order valence-corrected chi connectivity index (χ4v) is 1.96. The molecule has 0 radical (unpaired) electrons. The normalized spacial score (nSPS) is 9.74. The molecule has 96 valence electrons. The zero-order chi connectivity index (χ0) is 13.7. The lowest BCUT2D eigenvalue weighted by Gasteiger charge is -2.09. The zero-order valence-electron chi connectivity index (χ0n) is 10.4. The number of benzene rings is 2. The van der Waals surface area contributed by atoms with E-state index in [-0.39, 0.29) is 0 Å². The molecule has 4 heteroatoms. The zero-order valence-corrected chi connectivity index (χ0v) is 12.0. The van der Waals surface area contributed by atoms with E-state index in [4.69, 9.17) is 14.7 Å². The molecular formula is C15H12BrNO2. The molecule has 0 fully saturated rings. The lowest BCUT2D eigenvalue weighted by atomic mass is 10.1. The van der Waals surface area contributed by atoms with Crippen molar-refractivity contribution >= 4 is 15.9 Å². The van der Waals surface area contributed by atoms with Crippen molar-refractivity contribution in [1.82, 2.24) is 0 Å². The molecule has 0 saturated carbocycles. The quantitative estimate of drug-likeness (QED) is 0.791. The van der Waals surface area contributed by atoms with Crippen LogP contribution in [0.25, 0.3) is 0 Å². The van der Waals surface area contributed by atoms with E-state index in [1.165, 1.54) is 0 Å². The molecule has 19 heavy (non-hydrogen) atoms. The molecule has 0 heterocycles. The SMILES string of the molecule is COc1ccc(Oc2ccc(CBr)cc2C#N)cc1. The molecule has 3 nitrogen and oxygen atoms in total. The summed E-state index contributed by atoms with van der Waals surface area (Å²) in [5.74, 6) is 1.99. The Labute approximate surface area is 120 Å². The smallest absolute Gasteiger partial charge is 0.145 e. The Kier molecular flexibility index (Phi) is 4.43. The van der Waals surface area contributed by atoms with Crippen molar-refractivity contribution in [3.63, 3.8) is 0 Å². The highest BCUT2D eigenvalue weighted by Crippen LogP contribution is 2.27. The minimum absolute atomic E-state index is 0.521. The number of hydrogen-bond donors (Lipinski definition) is 0. The summed E-state index contributed by atoms with van der Waals surface area (Å²) in [6.45, 7) is 0. The molecule has 0 aliphatic heterocycles. The van der Waals surface area contributed by atoms with Crippen molar-refractivity contribution in [1.29, 1.82) is 5.26 Å². The van der Waals surface area contributed by atoms with Gasteiger partial charge in [-0.3, -0.25) is 0 Å². The molecule has 0 unspecified atom stereocenters. The fraction of sp³-hybridized carbons (Fsp3) is 0.133. The lowest BCUT2D eigenvalue weighted by Crippen LogP contribution is -1.90. The molecule has 0 spiro atoms. The Bertz CT molecular complexity index is 603. The Morgan fingerprint density at radius 1 is 1.11 bits per heavy atom. The monoisotopic (exact) mass is 317 g/mol. The number of halogens is 1. The van der Waals surface area contributed by atoms with Gasteiger partial charge in [0.25, 0.3) is 0 Å². The highest BCUT2D eigenvalue weighted by atomic mass is 79.9. The van der Waals surface area contributed by atoms with Gasteiger partial charge in [0.2, 0.25) is 0 Å². The highest BCUT2D eigenvalue weighted by molar-refractivity contribution is 9.08. The summed E-state index contributed by atoms with van der Waals surface area (Å²) in [5.41, 5.74) is 1.56. The van der Waals surface area contributed by atoms with Gasteiger partial charge in [0.05, 0.1) is 12.7 Å². The van der Waals surface area contributed by atoms with Gasteiger partial charge < -0.3 is 9.47 Å². The lowest BCUT2D eigenvalue weighted by molar-refractivity contribution is 0.413. The highest BCUT2D eigenvalue weighted by Gasteiger charge is 2.06. The third kappa shape index (κ3) is 3.27. The van der Waals surface area contributed by atoms with E-state index < -0.39 is 0 Å². The van der Waals surface area contributed by atoms with E-state index in [0.717, 1.165) is 11.3 Å². The van der Waals surface area contributed by atoms with Gasteiger partial charge in [-0.2, -0.15) is 5.26 Å². The van der Waals surface area contributed by atoms with Crippen LogP contribution in [0.4, 0.5) is 0 Å².